The second kappa shape index (κ2) is 12.9. The van der Waals surface area contributed by atoms with Gasteiger partial charge in [-0.3, -0.25) is 0 Å². The Kier molecular flexibility index (Phi) is 7.39. The second-order valence-electron chi connectivity index (χ2n) is 14.2. The van der Waals surface area contributed by atoms with Crippen molar-refractivity contribution >= 4 is 81.1 Å². The van der Waals surface area contributed by atoms with Crippen molar-refractivity contribution in [2.75, 3.05) is 4.90 Å². The molecule has 0 atom stereocenters. The lowest BCUT2D eigenvalue weighted by Crippen LogP contribution is -2.10. The SMILES string of the molecule is c1ccc(-c2cccc(N(c3ccc(-c4ccc5cc6c(cc5c4)sc4ccccc46)cc3)c3ccc4c5ccccc5n(-c5ccccc5)c4c3)c2)cc1. The Morgan fingerprint density at radius 3 is 1.82 bits per heavy atom. The highest BCUT2D eigenvalue weighted by Gasteiger charge is 2.18. The number of hydrogen-bond donors (Lipinski definition) is 0. The molecule has 9 aromatic carbocycles. The largest absolute Gasteiger partial charge is 0.310 e. The lowest BCUT2D eigenvalue weighted by molar-refractivity contribution is 1.18. The highest BCUT2D eigenvalue weighted by molar-refractivity contribution is 7.25. The highest BCUT2D eigenvalue weighted by Crippen LogP contribution is 2.42. The molecule has 11 rings (SSSR count). The van der Waals surface area contributed by atoms with Crippen LogP contribution in [0.25, 0.3) is 80.7 Å². The molecule has 3 heteroatoms. The summed E-state index contributed by atoms with van der Waals surface area (Å²) >= 11 is 1.87. The van der Waals surface area contributed by atoms with Crippen LogP contribution in [0.5, 0.6) is 0 Å². The maximum atomic E-state index is 2.39. The van der Waals surface area contributed by atoms with Crippen molar-refractivity contribution in [2.45, 2.75) is 0 Å². The maximum Gasteiger partial charge on any atom is 0.0561 e. The van der Waals surface area contributed by atoms with Gasteiger partial charge in [0.05, 0.1) is 11.0 Å². The fraction of sp³-hybridized carbons (Fsp3) is 0. The first-order chi connectivity index (χ1) is 27.2. The zero-order chi connectivity index (χ0) is 36.3. The van der Waals surface area contributed by atoms with Crippen molar-refractivity contribution < 1.29 is 0 Å². The van der Waals surface area contributed by atoms with E-state index in [2.05, 4.69) is 216 Å². The van der Waals surface area contributed by atoms with Crippen LogP contribution in [0.4, 0.5) is 17.1 Å². The number of thiophene rings is 1. The summed E-state index contributed by atoms with van der Waals surface area (Å²) < 4.78 is 5.06. The molecule has 0 aliphatic heterocycles. The summed E-state index contributed by atoms with van der Waals surface area (Å²) in [5.74, 6) is 0. The van der Waals surface area contributed by atoms with Crippen LogP contribution >= 0.6 is 11.3 Å². The van der Waals surface area contributed by atoms with Crippen LogP contribution in [0.1, 0.15) is 0 Å². The third kappa shape index (κ3) is 5.40. The molecule has 0 N–H and O–H groups in total. The Labute approximate surface area is 323 Å². The molecular weight excluding hydrogens is 685 g/mol. The molecular formula is C52H34N2S. The zero-order valence-electron chi connectivity index (χ0n) is 29.9. The smallest absolute Gasteiger partial charge is 0.0561 e. The third-order valence-electron chi connectivity index (χ3n) is 10.9. The molecule has 0 amide bonds. The Morgan fingerprint density at radius 2 is 0.964 bits per heavy atom. The molecule has 0 saturated carbocycles. The normalized spacial score (nSPS) is 11.6. The van der Waals surface area contributed by atoms with Gasteiger partial charge in [0.25, 0.3) is 0 Å². The molecule has 0 radical (unpaired) electrons. The Hall–Kier alpha value is -6.94. The number of rotatable bonds is 6. The van der Waals surface area contributed by atoms with E-state index in [-0.39, 0.29) is 0 Å². The van der Waals surface area contributed by atoms with Gasteiger partial charge in [0.1, 0.15) is 0 Å². The van der Waals surface area contributed by atoms with Crippen LogP contribution in [0.2, 0.25) is 0 Å². The fourth-order valence-electron chi connectivity index (χ4n) is 8.31. The van der Waals surface area contributed by atoms with Crippen LogP contribution < -0.4 is 4.90 Å². The fourth-order valence-corrected chi connectivity index (χ4v) is 9.44. The molecule has 2 aromatic heterocycles. The van der Waals surface area contributed by atoms with E-state index < -0.39 is 0 Å². The summed E-state index contributed by atoms with van der Waals surface area (Å²) in [6, 6.07) is 75.2. The molecule has 0 aliphatic rings. The van der Waals surface area contributed by atoms with Gasteiger partial charge in [-0.2, -0.15) is 0 Å². The molecule has 55 heavy (non-hydrogen) atoms. The Morgan fingerprint density at radius 1 is 0.327 bits per heavy atom. The molecule has 11 aromatic rings. The van der Waals surface area contributed by atoms with E-state index in [0.717, 1.165) is 22.7 Å². The van der Waals surface area contributed by atoms with Crippen molar-refractivity contribution in [3.63, 3.8) is 0 Å². The minimum Gasteiger partial charge on any atom is -0.310 e. The van der Waals surface area contributed by atoms with Crippen molar-refractivity contribution in [2.24, 2.45) is 0 Å². The number of anilines is 3. The number of benzene rings is 9. The van der Waals surface area contributed by atoms with Gasteiger partial charge < -0.3 is 9.47 Å². The number of fused-ring (bicyclic) bond motifs is 7. The van der Waals surface area contributed by atoms with E-state index in [0.29, 0.717) is 0 Å². The number of hydrogen-bond acceptors (Lipinski definition) is 2. The molecule has 0 saturated heterocycles. The van der Waals surface area contributed by atoms with Crippen LogP contribution in [0.15, 0.2) is 206 Å². The standard InChI is InChI=1S/C52H34N2S/c1-3-12-35(13-4-1)37-14-11-17-43(31-37)53(44-28-29-46-45-18-7-9-20-49(45)54(50(46)34-44)41-15-5-2-6-16-41)42-26-24-36(25-27-42)38-22-23-39-32-48-47-19-8-10-21-51(47)55-52(48)33-40(39)30-38/h1-34H. The second-order valence-corrected chi connectivity index (χ2v) is 15.3. The van der Waals surface area contributed by atoms with E-state index in [1.54, 1.807) is 0 Å². The average Bonchev–Trinajstić information content (AvgIpc) is 3.78. The van der Waals surface area contributed by atoms with E-state index in [1.807, 2.05) is 11.3 Å². The molecule has 2 nitrogen and oxygen atoms in total. The molecule has 2 heterocycles. The van der Waals surface area contributed by atoms with Crippen LogP contribution in [0, 0.1) is 0 Å². The van der Waals surface area contributed by atoms with Crippen LogP contribution in [-0.2, 0) is 0 Å². The van der Waals surface area contributed by atoms with Gasteiger partial charge in [-0.25, -0.2) is 0 Å². The van der Waals surface area contributed by atoms with Gasteiger partial charge in [-0.15, -0.1) is 11.3 Å². The summed E-state index contributed by atoms with van der Waals surface area (Å²) in [6.07, 6.45) is 0. The number of nitrogens with zero attached hydrogens (tertiary/aromatic N) is 2. The average molecular weight is 719 g/mol. The van der Waals surface area contributed by atoms with Gasteiger partial charge in [0.2, 0.25) is 0 Å². The van der Waals surface area contributed by atoms with Gasteiger partial charge >= 0.3 is 0 Å². The number of para-hydroxylation sites is 2. The van der Waals surface area contributed by atoms with Gasteiger partial charge in [0.15, 0.2) is 0 Å². The molecule has 0 spiro atoms. The quantitative estimate of drug-likeness (QED) is 0.166. The van der Waals surface area contributed by atoms with E-state index >= 15 is 0 Å². The molecule has 258 valence electrons. The molecule has 0 unspecified atom stereocenters. The monoisotopic (exact) mass is 718 g/mol. The zero-order valence-corrected chi connectivity index (χ0v) is 30.7. The summed E-state index contributed by atoms with van der Waals surface area (Å²) in [4.78, 5) is 2.39. The predicted molar refractivity (Wildman–Crippen MR) is 237 cm³/mol. The summed E-state index contributed by atoms with van der Waals surface area (Å²) in [6.45, 7) is 0. The van der Waals surface area contributed by atoms with Gasteiger partial charge in [-0.05, 0) is 112 Å². The van der Waals surface area contributed by atoms with Gasteiger partial charge in [0, 0.05) is 53.7 Å². The molecule has 0 bridgehead atoms. The summed E-state index contributed by atoms with van der Waals surface area (Å²) in [5.41, 5.74) is 11.6. The summed E-state index contributed by atoms with van der Waals surface area (Å²) in [5, 5.41) is 7.69. The van der Waals surface area contributed by atoms with Crippen molar-refractivity contribution in [3.05, 3.63) is 206 Å². The maximum absolute atomic E-state index is 2.39. The van der Waals surface area contributed by atoms with Crippen molar-refractivity contribution in [1.82, 2.24) is 4.57 Å². The topological polar surface area (TPSA) is 8.17 Å². The Balaban J connectivity index is 1.05. The third-order valence-corrected chi connectivity index (χ3v) is 12.1. The lowest BCUT2D eigenvalue weighted by atomic mass is 9.99. The van der Waals surface area contributed by atoms with Gasteiger partial charge in [-0.1, -0.05) is 127 Å². The van der Waals surface area contributed by atoms with E-state index in [1.165, 1.54) is 75.0 Å². The van der Waals surface area contributed by atoms with E-state index in [9.17, 15) is 0 Å². The molecule has 0 fully saturated rings. The lowest BCUT2D eigenvalue weighted by Gasteiger charge is -2.26. The van der Waals surface area contributed by atoms with Crippen LogP contribution in [-0.4, -0.2) is 4.57 Å². The first-order valence-corrected chi connectivity index (χ1v) is 19.6. The van der Waals surface area contributed by atoms with E-state index in [4.69, 9.17) is 0 Å². The first kappa shape index (κ1) is 31.6. The van der Waals surface area contributed by atoms with Crippen molar-refractivity contribution in [3.8, 4) is 27.9 Å². The molecule has 0 aliphatic carbocycles. The van der Waals surface area contributed by atoms with Crippen LogP contribution in [0.3, 0.4) is 0 Å². The summed E-state index contributed by atoms with van der Waals surface area (Å²) in [7, 11) is 0. The highest BCUT2D eigenvalue weighted by atomic mass is 32.1. The minimum atomic E-state index is 1.10. The van der Waals surface area contributed by atoms with Crippen molar-refractivity contribution in [1.29, 1.82) is 0 Å². The number of aromatic nitrogens is 1. The first-order valence-electron chi connectivity index (χ1n) is 18.7. The minimum absolute atomic E-state index is 1.10. The Bertz CT molecular complexity index is 3190. The predicted octanol–water partition coefficient (Wildman–Crippen LogP) is 15.1.